The Morgan fingerprint density at radius 3 is 2.81 bits per heavy atom. The Kier molecular flexibility index (Phi) is 3.07. The summed E-state index contributed by atoms with van der Waals surface area (Å²) < 4.78 is 11.4. The summed E-state index contributed by atoms with van der Waals surface area (Å²) in [6.07, 6.45) is 3.02. The second kappa shape index (κ2) is 5.07. The van der Waals surface area contributed by atoms with E-state index in [4.69, 9.17) is 9.47 Å². The molecule has 5 heteroatoms. The second-order valence-corrected chi connectivity index (χ2v) is 5.61. The summed E-state index contributed by atoms with van der Waals surface area (Å²) in [5.41, 5.74) is 0. The number of nitrogens with zero attached hydrogens (tertiary/aromatic N) is 2. The average Bonchev–Trinajstić information content (AvgIpc) is 3.06. The van der Waals surface area contributed by atoms with Gasteiger partial charge in [-0.1, -0.05) is 0 Å². The van der Waals surface area contributed by atoms with Gasteiger partial charge in [-0.2, -0.15) is 0 Å². The minimum absolute atomic E-state index is 0.497. The Bertz CT molecular complexity index is 668. The van der Waals surface area contributed by atoms with Crippen molar-refractivity contribution in [1.29, 1.82) is 0 Å². The third kappa shape index (κ3) is 2.17. The van der Waals surface area contributed by atoms with E-state index in [9.17, 15) is 0 Å². The number of nitrogens with one attached hydrogen (secondary N) is 1. The molecule has 0 saturated carbocycles. The van der Waals surface area contributed by atoms with Gasteiger partial charge in [0.15, 0.2) is 11.5 Å². The van der Waals surface area contributed by atoms with Crippen molar-refractivity contribution in [2.45, 2.75) is 12.5 Å². The zero-order chi connectivity index (χ0) is 14.2. The summed E-state index contributed by atoms with van der Waals surface area (Å²) in [7, 11) is 2.12. The van der Waals surface area contributed by atoms with Crippen LogP contribution in [0, 0.1) is 0 Å². The molecule has 1 unspecified atom stereocenters. The van der Waals surface area contributed by atoms with E-state index in [0.717, 1.165) is 47.6 Å². The van der Waals surface area contributed by atoms with Crippen LogP contribution in [0.1, 0.15) is 6.42 Å². The van der Waals surface area contributed by atoms with Gasteiger partial charge in [-0.3, -0.25) is 0 Å². The Hall–Kier alpha value is -2.01. The van der Waals surface area contributed by atoms with Crippen molar-refractivity contribution in [3.05, 3.63) is 24.4 Å². The number of hydrogen-bond acceptors (Lipinski definition) is 5. The van der Waals surface area contributed by atoms with Crippen LogP contribution in [0.3, 0.4) is 0 Å². The van der Waals surface area contributed by atoms with Crippen molar-refractivity contribution in [1.82, 2.24) is 10.3 Å². The van der Waals surface area contributed by atoms with Crippen molar-refractivity contribution in [2.75, 3.05) is 38.3 Å². The standard InChI is InChI=1S/C16H19N3O2/c1-19(12-3-4-17-10-12)16-13-9-15-14(20-6-7-21-15)8-11(13)2-5-18-16/h2,5,8-9,12,17H,3-4,6-7,10H2,1H3. The highest BCUT2D eigenvalue weighted by Gasteiger charge is 2.22. The van der Waals surface area contributed by atoms with Gasteiger partial charge in [-0.25, -0.2) is 4.98 Å². The fourth-order valence-corrected chi connectivity index (χ4v) is 3.12. The predicted octanol–water partition coefficient (Wildman–Crippen LogP) is 1.80. The SMILES string of the molecule is CN(c1nccc2cc3c(cc12)OCCO3)C1CCNC1. The molecule has 0 radical (unpaired) electrons. The summed E-state index contributed by atoms with van der Waals surface area (Å²) in [5.74, 6) is 2.66. The quantitative estimate of drug-likeness (QED) is 0.912. The number of rotatable bonds is 2. The smallest absolute Gasteiger partial charge is 0.162 e. The molecule has 0 bridgehead atoms. The van der Waals surface area contributed by atoms with E-state index < -0.39 is 0 Å². The maximum Gasteiger partial charge on any atom is 0.162 e. The lowest BCUT2D eigenvalue weighted by molar-refractivity contribution is 0.172. The Morgan fingerprint density at radius 1 is 1.24 bits per heavy atom. The normalized spacial score (nSPS) is 20.7. The third-order valence-corrected chi connectivity index (χ3v) is 4.32. The zero-order valence-corrected chi connectivity index (χ0v) is 12.1. The van der Waals surface area contributed by atoms with Gasteiger partial charge in [-0.05, 0) is 36.6 Å². The third-order valence-electron chi connectivity index (χ3n) is 4.32. The molecule has 1 atom stereocenters. The molecular formula is C16H19N3O2. The minimum Gasteiger partial charge on any atom is -0.486 e. The lowest BCUT2D eigenvalue weighted by Gasteiger charge is -2.27. The van der Waals surface area contributed by atoms with E-state index in [2.05, 4.69) is 34.4 Å². The molecule has 1 saturated heterocycles. The molecule has 1 aromatic heterocycles. The Balaban J connectivity index is 1.81. The van der Waals surface area contributed by atoms with Crippen molar-refractivity contribution in [3.8, 4) is 11.5 Å². The summed E-state index contributed by atoms with van der Waals surface area (Å²) in [6, 6.07) is 6.63. The molecule has 2 aliphatic heterocycles. The van der Waals surface area contributed by atoms with E-state index in [1.165, 1.54) is 0 Å². The van der Waals surface area contributed by atoms with Gasteiger partial charge in [0.05, 0.1) is 0 Å². The van der Waals surface area contributed by atoms with E-state index in [0.29, 0.717) is 19.3 Å². The first kappa shape index (κ1) is 12.7. The molecule has 0 spiro atoms. The van der Waals surface area contributed by atoms with Gasteiger partial charge in [-0.15, -0.1) is 0 Å². The summed E-state index contributed by atoms with van der Waals surface area (Å²) in [4.78, 5) is 6.88. The molecule has 1 fully saturated rings. The van der Waals surface area contributed by atoms with Crippen LogP contribution in [0.4, 0.5) is 5.82 Å². The molecule has 110 valence electrons. The van der Waals surface area contributed by atoms with Crippen LogP contribution in [-0.2, 0) is 0 Å². The lowest BCUT2D eigenvalue weighted by atomic mass is 10.1. The van der Waals surface area contributed by atoms with Crippen molar-refractivity contribution in [3.63, 3.8) is 0 Å². The Labute approximate surface area is 123 Å². The number of anilines is 1. The molecule has 1 aromatic carbocycles. The zero-order valence-electron chi connectivity index (χ0n) is 12.1. The summed E-state index contributed by atoms with van der Waals surface area (Å²) >= 11 is 0. The highest BCUT2D eigenvalue weighted by atomic mass is 16.6. The first-order valence-corrected chi connectivity index (χ1v) is 7.45. The van der Waals surface area contributed by atoms with Crippen LogP contribution < -0.4 is 19.7 Å². The van der Waals surface area contributed by atoms with Crippen molar-refractivity contribution in [2.24, 2.45) is 0 Å². The second-order valence-electron chi connectivity index (χ2n) is 5.61. The van der Waals surface area contributed by atoms with Gasteiger partial charge in [0, 0.05) is 31.2 Å². The van der Waals surface area contributed by atoms with E-state index >= 15 is 0 Å². The van der Waals surface area contributed by atoms with Crippen molar-refractivity contribution < 1.29 is 9.47 Å². The van der Waals surface area contributed by atoms with Crippen LogP contribution in [-0.4, -0.2) is 44.4 Å². The van der Waals surface area contributed by atoms with E-state index in [1.807, 2.05) is 12.3 Å². The number of aromatic nitrogens is 1. The number of pyridine rings is 1. The number of hydrogen-bond donors (Lipinski definition) is 1. The Morgan fingerprint density at radius 2 is 2.05 bits per heavy atom. The topological polar surface area (TPSA) is 46.6 Å². The van der Waals surface area contributed by atoms with Gasteiger partial charge >= 0.3 is 0 Å². The van der Waals surface area contributed by atoms with Crippen LogP contribution in [0.15, 0.2) is 24.4 Å². The molecule has 2 aliphatic rings. The monoisotopic (exact) mass is 285 g/mol. The molecular weight excluding hydrogens is 266 g/mol. The number of fused-ring (bicyclic) bond motifs is 2. The lowest BCUT2D eigenvalue weighted by Crippen LogP contribution is -2.34. The first-order valence-electron chi connectivity index (χ1n) is 7.45. The largest absolute Gasteiger partial charge is 0.486 e. The van der Waals surface area contributed by atoms with Crippen molar-refractivity contribution >= 4 is 16.6 Å². The number of likely N-dealkylation sites (N-methyl/N-ethyl adjacent to an activating group) is 1. The summed E-state index contributed by atoms with van der Waals surface area (Å²) in [6.45, 7) is 3.31. The maximum atomic E-state index is 5.71. The number of ether oxygens (including phenoxy) is 2. The van der Waals surface area contributed by atoms with Gasteiger partial charge in [0.2, 0.25) is 0 Å². The maximum absolute atomic E-state index is 5.71. The van der Waals surface area contributed by atoms with Crippen LogP contribution in [0.25, 0.3) is 10.8 Å². The molecule has 21 heavy (non-hydrogen) atoms. The molecule has 0 aliphatic carbocycles. The van der Waals surface area contributed by atoms with E-state index in [-0.39, 0.29) is 0 Å². The fraction of sp³-hybridized carbons (Fsp3) is 0.438. The molecule has 2 aromatic rings. The summed E-state index contributed by atoms with van der Waals surface area (Å²) in [5, 5.41) is 5.67. The van der Waals surface area contributed by atoms with Crippen LogP contribution in [0.2, 0.25) is 0 Å². The molecule has 3 heterocycles. The molecule has 0 amide bonds. The predicted molar refractivity (Wildman–Crippen MR) is 82.4 cm³/mol. The fourth-order valence-electron chi connectivity index (χ4n) is 3.12. The van der Waals surface area contributed by atoms with E-state index in [1.54, 1.807) is 0 Å². The van der Waals surface area contributed by atoms with Gasteiger partial charge in [0.1, 0.15) is 19.0 Å². The van der Waals surface area contributed by atoms with Gasteiger partial charge in [0.25, 0.3) is 0 Å². The highest BCUT2D eigenvalue weighted by Crippen LogP contribution is 2.37. The van der Waals surface area contributed by atoms with Crippen LogP contribution >= 0.6 is 0 Å². The molecule has 5 nitrogen and oxygen atoms in total. The number of benzene rings is 1. The average molecular weight is 285 g/mol. The van der Waals surface area contributed by atoms with Gasteiger partial charge < -0.3 is 19.7 Å². The first-order chi connectivity index (χ1) is 10.3. The molecule has 1 N–H and O–H groups in total. The minimum atomic E-state index is 0.497. The van der Waals surface area contributed by atoms with Crippen LogP contribution in [0.5, 0.6) is 11.5 Å². The molecule has 4 rings (SSSR count). The highest BCUT2D eigenvalue weighted by molar-refractivity contribution is 5.94.